The Bertz CT molecular complexity index is 195. The normalized spacial score (nSPS) is 10.2. The van der Waals surface area contributed by atoms with Crippen molar-refractivity contribution in [2.45, 2.75) is 26.3 Å². The first-order valence-corrected chi connectivity index (χ1v) is 3.51. The Morgan fingerprint density at radius 3 is 3.00 bits per heavy atom. The van der Waals surface area contributed by atoms with E-state index in [0.29, 0.717) is 0 Å². The van der Waals surface area contributed by atoms with E-state index in [4.69, 9.17) is 0 Å². The van der Waals surface area contributed by atoms with Crippen LogP contribution in [-0.2, 0) is 6.54 Å². The van der Waals surface area contributed by atoms with Crippen molar-refractivity contribution < 1.29 is 4.39 Å². The summed E-state index contributed by atoms with van der Waals surface area (Å²) >= 11 is 0. The van der Waals surface area contributed by atoms with Crippen molar-refractivity contribution in [1.82, 2.24) is 9.78 Å². The van der Waals surface area contributed by atoms with Gasteiger partial charge in [0.15, 0.2) is 5.82 Å². The summed E-state index contributed by atoms with van der Waals surface area (Å²) < 4.78 is 13.9. The zero-order valence-electron chi connectivity index (χ0n) is 6.05. The van der Waals surface area contributed by atoms with Gasteiger partial charge in [-0.1, -0.05) is 13.3 Å². The van der Waals surface area contributed by atoms with Gasteiger partial charge in [0.1, 0.15) is 0 Å². The van der Waals surface area contributed by atoms with Gasteiger partial charge in [-0.2, -0.15) is 5.10 Å². The second-order valence-corrected chi connectivity index (χ2v) is 2.28. The minimum atomic E-state index is -0.254. The summed E-state index contributed by atoms with van der Waals surface area (Å²) in [5.41, 5.74) is 0. The smallest absolute Gasteiger partial charge is 0.161 e. The molecular formula is C7H11FN2. The number of hydrogen-bond donors (Lipinski definition) is 0. The van der Waals surface area contributed by atoms with Crippen LogP contribution < -0.4 is 0 Å². The van der Waals surface area contributed by atoms with Gasteiger partial charge in [0.25, 0.3) is 0 Å². The van der Waals surface area contributed by atoms with Gasteiger partial charge in [-0.15, -0.1) is 0 Å². The van der Waals surface area contributed by atoms with Crippen LogP contribution in [0, 0.1) is 5.82 Å². The maximum absolute atomic E-state index is 12.3. The van der Waals surface area contributed by atoms with Crippen LogP contribution in [0.25, 0.3) is 0 Å². The van der Waals surface area contributed by atoms with Crippen LogP contribution in [0.4, 0.5) is 4.39 Å². The van der Waals surface area contributed by atoms with E-state index in [0.717, 1.165) is 19.4 Å². The van der Waals surface area contributed by atoms with Gasteiger partial charge in [0.2, 0.25) is 0 Å². The molecule has 0 aromatic carbocycles. The van der Waals surface area contributed by atoms with Crippen molar-refractivity contribution in [2.24, 2.45) is 0 Å². The van der Waals surface area contributed by atoms with Gasteiger partial charge in [-0.05, 0) is 6.42 Å². The van der Waals surface area contributed by atoms with Crippen LogP contribution in [-0.4, -0.2) is 9.78 Å². The Morgan fingerprint density at radius 1 is 1.70 bits per heavy atom. The fraction of sp³-hybridized carbons (Fsp3) is 0.571. The molecule has 0 N–H and O–H groups in total. The molecule has 0 bridgehead atoms. The Kier molecular flexibility index (Phi) is 2.42. The van der Waals surface area contributed by atoms with Crippen LogP contribution in [0.1, 0.15) is 19.8 Å². The summed E-state index contributed by atoms with van der Waals surface area (Å²) in [6, 6.07) is 0. The minimum Gasteiger partial charge on any atom is -0.270 e. The van der Waals surface area contributed by atoms with Crippen molar-refractivity contribution in [2.75, 3.05) is 0 Å². The summed E-state index contributed by atoms with van der Waals surface area (Å²) in [5, 5.41) is 3.79. The Balaban J connectivity index is 2.42. The van der Waals surface area contributed by atoms with Crippen molar-refractivity contribution in [3.05, 3.63) is 18.2 Å². The highest BCUT2D eigenvalue weighted by Crippen LogP contribution is 1.96. The molecule has 3 heteroatoms. The predicted octanol–water partition coefficient (Wildman–Crippen LogP) is 1.82. The Labute approximate surface area is 59.7 Å². The highest BCUT2D eigenvalue weighted by molar-refractivity contribution is 4.83. The second-order valence-electron chi connectivity index (χ2n) is 2.28. The maximum Gasteiger partial charge on any atom is 0.161 e. The van der Waals surface area contributed by atoms with Gasteiger partial charge >= 0.3 is 0 Å². The third-order valence-corrected chi connectivity index (χ3v) is 1.34. The molecular weight excluding hydrogens is 131 g/mol. The third-order valence-electron chi connectivity index (χ3n) is 1.34. The maximum atomic E-state index is 12.3. The molecule has 1 aromatic heterocycles. The first kappa shape index (κ1) is 7.25. The van der Waals surface area contributed by atoms with E-state index in [1.54, 1.807) is 4.68 Å². The standard InChI is InChI=1S/C7H11FN2/c1-2-3-4-10-6-7(8)5-9-10/h5-6H,2-4H2,1H3. The Morgan fingerprint density at radius 2 is 2.50 bits per heavy atom. The number of hydrogen-bond acceptors (Lipinski definition) is 1. The lowest BCUT2D eigenvalue weighted by atomic mass is 10.3. The summed E-state index contributed by atoms with van der Waals surface area (Å²) in [5.74, 6) is -0.254. The zero-order valence-corrected chi connectivity index (χ0v) is 6.05. The van der Waals surface area contributed by atoms with Gasteiger partial charge in [-0.25, -0.2) is 4.39 Å². The molecule has 0 radical (unpaired) electrons. The predicted molar refractivity (Wildman–Crippen MR) is 37.1 cm³/mol. The molecule has 2 nitrogen and oxygen atoms in total. The number of unbranched alkanes of at least 4 members (excludes halogenated alkanes) is 1. The molecule has 1 heterocycles. The molecule has 0 amide bonds. The molecule has 0 spiro atoms. The summed E-state index contributed by atoms with van der Waals surface area (Å²) in [6.07, 6.45) is 4.81. The molecule has 0 saturated carbocycles. The lowest BCUT2D eigenvalue weighted by molar-refractivity contribution is 0.564. The van der Waals surface area contributed by atoms with Crippen LogP contribution in [0.2, 0.25) is 0 Å². The average Bonchev–Trinajstić information content (AvgIpc) is 2.31. The van der Waals surface area contributed by atoms with E-state index in [-0.39, 0.29) is 5.82 Å². The van der Waals surface area contributed by atoms with E-state index in [2.05, 4.69) is 12.0 Å². The first-order valence-electron chi connectivity index (χ1n) is 3.51. The molecule has 0 unspecified atom stereocenters. The van der Waals surface area contributed by atoms with Crippen LogP contribution in [0.5, 0.6) is 0 Å². The molecule has 0 aliphatic heterocycles. The monoisotopic (exact) mass is 142 g/mol. The third kappa shape index (κ3) is 1.83. The number of halogens is 1. The van der Waals surface area contributed by atoms with Gasteiger partial charge in [0, 0.05) is 6.54 Å². The highest BCUT2D eigenvalue weighted by atomic mass is 19.1. The van der Waals surface area contributed by atoms with Crippen LogP contribution >= 0.6 is 0 Å². The highest BCUT2D eigenvalue weighted by Gasteiger charge is 1.93. The molecule has 0 saturated heterocycles. The molecule has 1 rings (SSSR count). The van der Waals surface area contributed by atoms with Crippen molar-refractivity contribution in [1.29, 1.82) is 0 Å². The van der Waals surface area contributed by atoms with Gasteiger partial charge < -0.3 is 0 Å². The van der Waals surface area contributed by atoms with E-state index >= 15 is 0 Å². The van der Waals surface area contributed by atoms with E-state index in [9.17, 15) is 4.39 Å². The lowest BCUT2D eigenvalue weighted by Gasteiger charge is -1.95. The van der Waals surface area contributed by atoms with E-state index in [1.807, 2.05) is 0 Å². The van der Waals surface area contributed by atoms with Crippen LogP contribution in [0.15, 0.2) is 12.4 Å². The SMILES string of the molecule is CCCCn1cc(F)cn1. The lowest BCUT2D eigenvalue weighted by Crippen LogP contribution is -1.96. The van der Waals surface area contributed by atoms with Crippen molar-refractivity contribution >= 4 is 0 Å². The summed E-state index contributed by atoms with van der Waals surface area (Å²) in [6.45, 7) is 2.92. The van der Waals surface area contributed by atoms with Crippen LogP contribution in [0.3, 0.4) is 0 Å². The number of aromatic nitrogens is 2. The van der Waals surface area contributed by atoms with Gasteiger partial charge in [-0.3, -0.25) is 4.68 Å². The Hall–Kier alpha value is -0.860. The van der Waals surface area contributed by atoms with Gasteiger partial charge in [0.05, 0.1) is 12.4 Å². The largest absolute Gasteiger partial charge is 0.270 e. The molecule has 1 aromatic rings. The molecule has 0 aliphatic rings. The molecule has 56 valence electrons. The molecule has 0 atom stereocenters. The quantitative estimate of drug-likeness (QED) is 0.629. The summed E-state index contributed by atoms with van der Waals surface area (Å²) in [7, 11) is 0. The van der Waals surface area contributed by atoms with Crippen molar-refractivity contribution in [3.63, 3.8) is 0 Å². The minimum absolute atomic E-state index is 0.254. The number of nitrogens with zero attached hydrogens (tertiary/aromatic N) is 2. The fourth-order valence-corrected chi connectivity index (χ4v) is 0.781. The van der Waals surface area contributed by atoms with E-state index < -0.39 is 0 Å². The average molecular weight is 142 g/mol. The topological polar surface area (TPSA) is 17.8 Å². The first-order chi connectivity index (χ1) is 4.83. The molecule has 0 fully saturated rings. The fourth-order valence-electron chi connectivity index (χ4n) is 0.781. The zero-order chi connectivity index (χ0) is 7.40. The number of aryl methyl sites for hydroxylation is 1. The van der Waals surface area contributed by atoms with Crippen molar-refractivity contribution in [3.8, 4) is 0 Å². The molecule has 0 aliphatic carbocycles. The second kappa shape index (κ2) is 3.34. The molecule has 10 heavy (non-hydrogen) atoms. The van der Waals surface area contributed by atoms with E-state index in [1.165, 1.54) is 12.4 Å². The summed E-state index contributed by atoms with van der Waals surface area (Å²) in [4.78, 5) is 0. The number of rotatable bonds is 3.